The van der Waals surface area contributed by atoms with E-state index in [4.69, 9.17) is 0 Å². The molecule has 2 nitrogen and oxygen atoms in total. The average Bonchev–Trinajstić information content (AvgIpc) is 2.50. The Balaban J connectivity index is 1.96. The first-order chi connectivity index (χ1) is 10.1. The molecule has 106 valence electrons. The molecule has 0 spiro atoms. The number of aromatic nitrogens is 1. The molecule has 0 saturated carbocycles. The van der Waals surface area contributed by atoms with Crippen LogP contribution in [0.4, 0.5) is 0 Å². The largest absolute Gasteiger partial charge is 0.388 e. The summed E-state index contributed by atoms with van der Waals surface area (Å²) >= 11 is 3.47. The van der Waals surface area contributed by atoms with Gasteiger partial charge in [0.1, 0.15) is 0 Å². The molecule has 0 aliphatic heterocycles. The van der Waals surface area contributed by atoms with E-state index in [-0.39, 0.29) is 0 Å². The zero-order chi connectivity index (χ0) is 14.8. The molecule has 3 aromatic rings. The lowest BCUT2D eigenvalue weighted by Gasteiger charge is -2.15. The highest BCUT2D eigenvalue weighted by Gasteiger charge is 2.13. The Morgan fingerprint density at radius 2 is 1.95 bits per heavy atom. The number of aryl methyl sites for hydroxylation is 1. The van der Waals surface area contributed by atoms with Crippen LogP contribution >= 0.6 is 15.9 Å². The van der Waals surface area contributed by atoms with Crippen molar-refractivity contribution in [3.05, 3.63) is 75.9 Å². The van der Waals surface area contributed by atoms with Gasteiger partial charge in [-0.1, -0.05) is 40.2 Å². The van der Waals surface area contributed by atoms with E-state index in [1.54, 1.807) is 6.20 Å². The number of nitrogens with zero attached hydrogens (tertiary/aromatic N) is 1. The van der Waals surface area contributed by atoms with Gasteiger partial charge in [0.05, 0.1) is 11.6 Å². The van der Waals surface area contributed by atoms with Crippen LogP contribution in [0.15, 0.2) is 59.2 Å². The molecule has 1 unspecified atom stereocenters. The Bertz CT molecular complexity index is 780. The van der Waals surface area contributed by atoms with Crippen molar-refractivity contribution >= 4 is 26.8 Å². The van der Waals surface area contributed by atoms with E-state index in [0.29, 0.717) is 6.42 Å². The Kier molecular flexibility index (Phi) is 4.04. The molecule has 1 N–H and O–H groups in total. The number of halogens is 1. The minimum absolute atomic E-state index is 0.520. The van der Waals surface area contributed by atoms with Crippen molar-refractivity contribution in [2.45, 2.75) is 19.4 Å². The Morgan fingerprint density at radius 1 is 1.14 bits per heavy atom. The third kappa shape index (κ3) is 2.99. The lowest BCUT2D eigenvalue weighted by atomic mass is 9.96. The summed E-state index contributed by atoms with van der Waals surface area (Å²) in [4.78, 5) is 4.36. The van der Waals surface area contributed by atoms with Gasteiger partial charge in [-0.05, 0) is 47.9 Å². The minimum atomic E-state index is -0.520. The molecule has 1 atom stereocenters. The number of pyridine rings is 1. The van der Waals surface area contributed by atoms with Gasteiger partial charge in [0, 0.05) is 22.5 Å². The maximum absolute atomic E-state index is 10.6. The minimum Gasteiger partial charge on any atom is -0.388 e. The van der Waals surface area contributed by atoms with Crippen LogP contribution < -0.4 is 0 Å². The molecule has 0 bridgehead atoms. The fraction of sp³-hybridized carbons (Fsp3) is 0.167. The number of para-hydroxylation sites is 1. The summed E-state index contributed by atoms with van der Waals surface area (Å²) in [6.07, 6.45) is 1.87. The van der Waals surface area contributed by atoms with Gasteiger partial charge in [-0.25, -0.2) is 0 Å². The van der Waals surface area contributed by atoms with Crippen molar-refractivity contribution in [3.8, 4) is 0 Å². The summed E-state index contributed by atoms with van der Waals surface area (Å²) in [6.45, 7) is 2.02. The molecule has 1 aromatic heterocycles. The van der Waals surface area contributed by atoms with E-state index >= 15 is 0 Å². The zero-order valence-corrected chi connectivity index (χ0v) is 13.3. The van der Waals surface area contributed by atoms with E-state index in [1.165, 1.54) is 0 Å². The van der Waals surface area contributed by atoms with Crippen molar-refractivity contribution < 1.29 is 5.11 Å². The fourth-order valence-corrected chi connectivity index (χ4v) is 3.00. The predicted octanol–water partition coefficient (Wildman–Crippen LogP) is 4.58. The number of rotatable bonds is 3. The Hall–Kier alpha value is -1.71. The van der Waals surface area contributed by atoms with Crippen molar-refractivity contribution in [1.29, 1.82) is 0 Å². The first kappa shape index (κ1) is 14.2. The molecule has 1 heterocycles. The molecule has 0 saturated heterocycles. The highest BCUT2D eigenvalue weighted by atomic mass is 79.9. The summed E-state index contributed by atoms with van der Waals surface area (Å²) in [7, 11) is 0. The van der Waals surface area contributed by atoms with Gasteiger partial charge < -0.3 is 5.11 Å². The van der Waals surface area contributed by atoms with Crippen molar-refractivity contribution in [1.82, 2.24) is 4.98 Å². The van der Waals surface area contributed by atoms with Crippen LogP contribution in [-0.2, 0) is 6.42 Å². The van der Waals surface area contributed by atoms with Gasteiger partial charge in [-0.2, -0.15) is 0 Å². The van der Waals surface area contributed by atoms with Crippen LogP contribution in [0.1, 0.15) is 22.8 Å². The zero-order valence-electron chi connectivity index (χ0n) is 11.8. The van der Waals surface area contributed by atoms with E-state index in [0.717, 1.165) is 32.1 Å². The summed E-state index contributed by atoms with van der Waals surface area (Å²) < 4.78 is 0.988. The van der Waals surface area contributed by atoms with Gasteiger partial charge in [-0.15, -0.1) is 0 Å². The number of hydrogen-bond donors (Lipinski definition) is 1. The normalized spacial score (nSPS) is 12.5. The molecule has 0 amide bonds. The summed E-state index contributed by atoms with van der Waals surface area (Å²) in [5.74, 6) is 0. The summed E-state index contributed by atoms with van der Waals surface area (Å²) in [6, 6.07) is 16.0. The molecule has 21 heavy (non-hydrogen) atoms. The van der Waals surface area contributed by atoms with Crippen LogP contribution in [0.25, 0.3) is 10.9 Å². The van der Waals surface area contributed by atoms with Crippen molar-refractivity contribution in [2.24, 2.45) is 0 Å². The third-order valence-electron chi connectivity index (χ3n) is 3.75. The predicted molar refractivity (Wildman–Crippen MR) is 89.3 cm³/mol. The first-order valence-electron chi connectivity index (χ1n) is 6.92. The average molecular weight is 342 g/mol. The highest BCUT2D eigenvalue weighted by Crippen LogP contribution is 2.27. The van der Waals surface area contributed by atoms with E-state index < -0.39 is 6.10 Å². The van der Waals surface area contributed by atoms with E-state index in [9.17, 15) is 5.11 Å². The molecular formula is C18H16BrNO. The first-order valence-corrected chi connectivity index (χ1v) is 7.71. The maximum Gasteiger partial charge on any atom is 0.0833 e. The SMILES string of the molecule is Cc1ccc(Br)cc1C(O)Cc1ccnc2ccccc12. The lowest BCUT2D eigenvalue weighted by molar-refractivity contribution is 0.178. The standard InChI is InChI=1S/C18H16BrNO/c1-12-6-7-14(19)11-16(12)18(21)10-13-8-9-20-17-5-3-2-4-15(13)17/h2-9,11,18,21H,10H2,1H3. The molecular weight excluding hydrogens is 326 g/mol. The van der Waals surface area contributed by atoms with Gasteiger partial charge in [0.15, 0.2) is 0 Å². The van der Waals surface area contributed by atoms with Gasteiger partial charge in [0.25, 0.3) is 0 Å². The van der Waals surface area contributed by atoms with Crippen LogP contribution in [0, 0.1) is 6.92 Å². The monoisotopic (exact) mass is 341 g/mol. The maximum atomic E-state index is 10.6. The second kappa shape index (κ2) is 5.96. The molecule has 3 rings (SSSR count). The van der Waals surface area contributed by atoms with Gasteiger partial charge in [-0.3, -0.25) is 4.98 Å². The quantitative estimate of drug-likeness (QED) is 0.756. The van der Waals surface area contributed by atoms with Crippen LogP contribution in [-0.4, -0.2) is 10.1 Å². The van der Waals surface area contributed by atoms with E-state index in [1.807, 2.05) is 49.4 Å². The Labute approximate surface area is 132 Å². The van der Waals surface area contributed by atoms with Crippen LogP contribution in [0.2, 0.25) is 0 Å². The summed E-state index contributed by atoms with van der Waals surface area (Å²) in [5, 5.41) is 11.7. The van der Waals surface area contributed by atoms with Crippen LogP contribution in [0.5, 0.6) is 0 Å². The van der Waals surface area contributed by atoms with Gasteiger partial charge in [0.2, 0.25) is 0 Å². The second-order valence-corrected chi connectivity index (χ2v) is 6.12. The van der Waals surface area contributed by atoms with Crippen molar-refractivity contribution in [2.75, 3.05) is 0 Å². The fourth-order valence-electron chi connectivity index (χ4n) is 2.62. The third-order valence-corrected chi connectivity index (χ3v) is 4.25. The van der Waals surface area contributed by atoms with Gasteiger partial charge >= 0.3 is 0 Å². The number of aliphatic hydroxyl groups excluding tert-OH is 1. The lowest BCUT2D eigenvalue weighted by Crippen LogP contribution is -2.04. The van der Waals surface area contributed by atoms with Crippen molar-refractivity contribution in [3.63, 3.8) is 0 Å². The number of benzene rings is 2. The topological polar surface area (TPSA) is 33.1 Å². The number of hydrogen-bond acceptors (Lipinski definition) is 2. The Morgan fingerprint density at radius 3 is 2.81 bits per heavy atom. The van der Waals surface area contributed by atoms with Crippen LogP contribution in [0.3, 0.4) is 0 Å². The second-order valence-electron chi connectivity index (χ2n) is 5.21. The highest BCUT2D eigenvalue weighted by molar-refractivity contribution is 9.10. The molecule has 2 aromatic carbocycles. The smallest absolute Gasteiger partial charge is 0.0833 e. The van der Waals surface area contributed by atoms with E-state index in [2.05, 4.69) is 27.0 Å². The molecule has 0 radical (unpaired) electrons. The molecule has 0 aliphatic carbocycles. The molecule has 3 heteroatoms. The molecule has 0 aliphatic rings. The summed E-state index contributed by atoms with van der Waals surface area (Å²) in [5.41, 5.74) is 4.15. The number of aliphatic hydroxyl groups is 1. The number of fused-ring (bicyclic) bond motifs is 1. The molecule has 0 fully saturated rings.